The van der Waals surface area contributed by atoms with Gasteiger partial charge in [-0.3, -0.25) is 4.79 Å². The average Bonchev–Trinajstić information content (AvgIpc) is 2.99. The van der Waals surface area contributed by atoms with Crippen molar-refractivity contribution in [3.05, 3.63) is 41.7 Å². The molecule has 2 atom stereocenters. The number of hydrogen-bond acceptors (Lipinski definition) is 4. The number of aryl methyl sites for hydroxylation is 2. The van der Waals surface area contributed by atoms with Crippen LogP contribution >= 0.6 is 0 Å². The Morgan fingerprint density at radius 3 is 2.78 bits per heavy atom. The number of nitrogens with one attached hydrogen (secondary N) is 1. The summed E-state index contributed by atoms with van der Waals surface area (Å²) in [5.74, 6) is 1.23. The third kappa shape index (κ3) is 3.94. The van der Waals surface area contributed by atoms with E-state index >= 15 is 0 Å². The fourth-order valence-electron chi connectivity index (χ4n) is 3.35. The second kappa shape index (κ2) is 7.35. The van der Waals surface area contributed by atoms with Gasteiger partial charge in [-0.05, 0) is 35.8 Å². The molecule has 0 unspecified atom stereocenters. The van der Waals surface area contributed by atoms with E-state index in [2.05, 4.69) is 45.1 Å². The van der Waals surface area contributed by atoms with Crippen LogP contribution < -0.4 is 5.32 Å². The van der Waals surface area contributed by atoms with E-state index in [1.54, 1.807) is 4.68 Å². The molecule has 0 spiro atoms. The summed E-state index contributed by atoms with van der Waals surface area (Å²) in [5, 5.41) is 14.5. The van der Waals surface area contributed by atoms with E-state index in [1.165, 1.54) is 18.4 Å². The van der Waals surface area contributed by atoms with Gasteiger partial charge in [0.1, 0.15) is 5.82 Å². The third-order valence-electron chi connectivity index (χ3n) is 4.60. The summed E-state index contributed by atoms with van der Waals surface area (Å²) in [6, 6.07) is 10.7. The van der Waals surface area contributed by atoms with Crippen LogP contribution in [0.5, 0.6) is 0 Å². The lowest BCUT2D eigenvalue weighted by Crippen LogP contribution is -2.41. The van der Waals surface area contributed by atoms with Gasteiger partial charge < -0.3 is 5.32 Å². The number of carbonyl (C=O) groups excluding carboxylic acids is 1. The van der Waals surface area contributed by atoms with Gasteiger partial charge >= 0.3 is 0 Å². The molecule has 6 nitrogen and oxygen atoms in total. The highest BCUT2D eigenvalue weighted by molar-refractivity contribution is 5.76. The predicted octanol–water partition coefficient (Wildman–Crippen LogP) is 2.21. The summed E-state index contributed by atoms with van der Waals surface area (Å²) in [6.07, 6.45) is 5.01. The van der Waals surface area contributed by atoms with Crippen molar-refractivity contribution in [2.24, 2.45) is 0 Å². The van der Waals surface area contributed by atoms with Gasteiger partial charge in [0, 0.05) is 18.4 Å². The highest BCUT2D eigenvalue weighted by Gasteiger charge is 2.27. The molecule has 122 valence electrons. The number of tetrazole rings is 1. The lowest BCUT2D eigenvalue weighted by Gasteiger charge is -2.32. The largest absolute Gasteiger partial charge is 0.353 e. The summed E-state index contributed by atoms with van der Waals surface area (Å²) in [4.78, 5) is 12.3. The van der Waals surface area contributed by atoms with E-state index in [0.29, 0.717) is 18.9 Å². The molecule has 1 amide bonds. The topological polar surface area (TPSA) is 72.7 Å². The van der Waals surface area contributed by atoms with Crippen molar-refractivity contribution in [2.75, 3.05) is 0 Å². The van der Waals surface area contributed by atoms with Gasteiger partial charge in [-0.15, -0.1) is 5.10 Å². The Bertz CT molecular complexity index is 639. The normalized spacial score (nSPS) is 21.1. The molecule has 3 rings (SSSR count). The minimum absolute atomic E-state index is 0.0766. The van der Waals surface area contributed by atoms with Gasteiger partial charge in [-0.1, -0.05) is 43.2 Å². The number of carbonyl (C=O) groups is 1. The number of aromatic nitrogens is 4. The van der Waals surface area contributed by atoms with Crippen LogP contribution in [0.15, 0.2) is 30.3 Å². The van der Waals surface area contributed by atoms with Crippen LogP contribution in [0.4, 0.5) is 0 Å². The Balaban J connectivity index is 1.58. The van der Waals surface area contributed by atoms with E-state index in [9.17, 15) is 4.79 Å². The maximum atomic E-state index is 12.3. The number of rotatable bonds is 5. The molecular weight excluding hydrogens is 290 g/mol. The molecule has 0 aliphatic heterocycles. The lowest BCUT2D eigenvalue weighted by atomic mass is 9.80. The van der Waals surface area contributed by atoms with Crippen molar-refractivity contribution in [1.82, 2.24) is 25.5 Å². The van der Waals surface area contributed by atoms with E-state index in [-0.39, 0.29) is 11.9 Å². The van der Waals surface area contributed by atoms with Gasteiger partial charge in [-0.2, -0.15) is 0 Å². The first-order valence-electron chi connectivity index (χ1n) is 8.31. The van der Waals surface area contributed by atoms with Gasteiger partial charge in [0.05, 0.1) is 6.54 Å². The zero-order valence-corrected chi connectivity index (χ0v) is 13.5. The first-order chi connectivity index (χ1) is 11.2. The maximum Gasteiger partial charge on any atom is 0.222 e. The number of nitrogens with zero attached hydrogens (tertiary/aromatic N) is 4. The monoisotopic (exact) mass is 313 g/mol. The Morgan fingerprint density at radius 1 is 1.26 bits per heavy atom. The minimum atomic E-state index is 0.0766. The van der Waals surface area contributed by atoms with E-state index in [1.807, 2.05) is 13.0 Å². The van der Waals surface area contributed by atoms with Crippen LogP contribution in [-0.2, 0) is 11.3 Å². The Kier molecular flexibility index (Phi) is 5.00. The molecule has 1 heterocycles. The highest BCUT2D eigenvalue weighted by Crippen LogP contribution is 2.33. The van der Waals surface area contributed by atoms with E-state index < -0.39 is 0 Å². The quantitative estimate of drug-likeness (QED) is 0.918. The van der Waals surface area contributed by atoms with Crippen molar-refractivity contribution in [3.8, 4) is 0 Å². The Labute approximate surface area is 136 Å². The Morgan fingerprint density at radius 2 is 2.04 bits per heavy atom. The fourth-order valence-corrected chi connectivity index (χ4v) is 3.35. The SMILES string of the molecule is Cc1nnnn1CCC(=O)N[C@@H]1CCCC[C@H]1c1ccccc1. The van der Waals surface area contributed by atoms with E-state index in [4.69, 9.17) is 0 Å². The molecule has 0 saturated heterocycles. The minimum Gasteiger partial charge on any atom is -0.353 e. The molecule has 23 heavy (non-hydrogen) atoms. The van der Waals surface area contributed by atoms with Crippen molar-refractivity contribution in [3.63, 3.8) is 0 Å². The maximum absolute atomic E-state index is 12.3. The molecule has 1 aliphatic rings. The van der Waals surface area contributed by atoms with Crippen LogP contribution in [-0.4, -0.2) is 32.2 Å². The van der Waals surface area contributed by atoms with Crippen molar-refractivity contribution in [1.29, 1.82) is 0 Å². The van der Waals surface area contributed by atoms with Crippen LogP contribution in [0.3, 0.4) is 0 Å². The first-order valence-corrected chi connectivity index (χ1v) is 8.31. The molecule has 1 aliphatic carbocycles. The molecular formula is C17H23N5O. The zero-order valence-electron chi connectivity index (χ0n) is 13.5. The predicted molar refractivity (Wildman–Crippen MR) is 86.8 cm³/mol. The van der Waals surface area contributed by atoms with E-state index in [0.717, 1.165) is 18.7 Å². The van der Waals surface area contributed by atoms with Gasteiger partial charge in [0.25, 0.3) is 0 Å². The lowest BCUT2D eigenvalue weighted by molar-refractivity contribution is -0.122. The van der Waals surface area contributed by atoms with Gasteiger partial charge in [-0.25, -0.2) is 4.68 Å². The summed E-state index contributed by atoms with van der Waals surface area (Å²) in [6.45, 7) is 2.36. The van der Waals surface area contributed by atoms with Crippen molar-refractivity contribution < 1.29 is 4.79 Å². The van der Waals surface area contributed by atoms with Gasteiger partial charge in [0.15, 0.2) is 0 Å². The van der Waals surface area contributed by atoms with Crippen molar-refractivity contribution >= 4 is 5.91 Å². The molecule has 1 saturated carbocycles. The molecule has 0 radical (unpaired) electrons. The second-order valence-electron chi connectivity index (χ2n) is 6.17. The number of benzene rings is 1. The summed E-state index contributed by atoms with van der Waals surface area (Å²) in [5.41, 5.74) is 1.33. The molecule has 1 aromatic heterocycles. The summed E-state index contributed by atoms with van der Waals surface area (Å²) in [7, 11) is 0. The second-order valence-corrected chi connectivity index (χ2v) is 6.17. The zero-order chi connectivity index (χ0) is 16.1. The average molecular weight is 313 g/mol. The summed E-state index contributed by atoms with van der Waals surface area (Å²) >= 11 is 0. The Hall–Kier alpha value is -2.24. The standard InChI is InChI=1S/C17H23N5O/c1-13-19-20-21-22(13)12-11-17(23)18-16-10-6-5-9-15(16)14-7-3-2-4-8-14/h2-4,7-8,15-16H,5-6,9-12H2,1H3,(H,18,23)/t15-,16+/m0/s1. The molecule has 1 aromatic carbocycles. The van der Waals surface area contributed by atoms with Crippen LogP contribution in [0.25, 0.3) is 0 Å². The number of hydrogen-bond donors (Lipinski definition) is 1. The van der Waals surface area contributed by atoms with Gasteiger partial charge in [0.2, 0.25) is 5.91 Å². The smallest absolute Gasteiger partial charge is 0.222 e. The first kappa shape index (κ1) is 15.6. The highest BCUT2D eigenvalue weighted by atomic mass is 16.1. The van der Waals surface area contributed by atoms with Crippen LogP contribution in [0.1, 0.15) is 49.4 Å². The van der Waals surface area contributed by atoms with Crippen LogP contribution in [0.2, 0.25) is 0 Å². The molecule has 1 N–H and O–H groups in total. The fraction of sp³-hybridized carbons (Fsp3) is 0.529. The summed E-state index contributed by atoms with van der Waals surface area (Å²) < 4.78 is 1.66. The molecule has 2 aromatic rings. The molecule has 1 fully saturated rings. The van der Waals surface area contributed by atoms with Crippen molar-refractivity contribution in [2.45, 2.75) is 57.5 Å². The molecule has 0 bridgehead atoms. The number of amides is 1. The third-order valence-corrected chi connectivity index (χ3v) is 4.60. The molecule has 6 heteroatoms. The van der Waals surface area contributed by atoms with Crippen LogP contribution in [0, 0.1) is 6.92 Å².